The maximum Gasteiger partial charge on any atom is 0.573 e. The quantitative estimate of drug-likeness (QED) is 0.911. The zero-order valence-corrected chi connectivity index (χ0v) is 13.6. The number of rotatable bonds is 4. The first kappa shape index (κ1) is 17.5. The van der Waals surface area contributed by atoms with Gasteiger partial charge >= 0.3 is 6.36 Å². The molecule has 0 aromatic heterocycles. The normalized spacial score (nSPS) is 27.0. The summed E-state index contributed by atoms with van der Waals surface area (Å²) in [7, 11) is 1.66. The Hall–Kier alpha value is -1.31. The van der Waals surface area contributed by atoms with Crippen LogP contribution in [-0.4, -0.2) is 48.8 Å². The van der Waals surface area contributed by atoms with Crippen molar-refractivity contribution < 1.29 is 27.8 Å². The van der Waals surface area contributed by atoms with E-state index in [1.54, 1.807) is 19.2 Å². The number of methoxy groups -OCH3 is 1. The van der Waals surface area contributed by atoms with Gasteiger partial charge in [-0.15, -0.1) is 13.2 Å². The minimum atomic E-state index is -4.69. The van der Waals surface area contributed by atoms with Crippen LogP contribution in [0.25, 0.3) is 0 Å². The van der Waals surface area contributed by atoms with Crippen LogP contribution in [0.2, 0.25) is 0 Å². The van der Waals surface area contributed by atoms with Crippen LogP contribution in [0, 0.1) is 5.41 Å². The lowest BCUT2D eigenvalue weighted by Crippen LogP contribution is -2.61. The van der Waals surface area contributed by atoms with Gasteiger partial charge in [-0.05, 0) is 32.0 Å². The fourth-order valence-corrected chi connectivity index (χ4v) is 3.94. The first-order valence-electron chi connectivity index (χ1n) is 8.11. The number of piperidine rings is 1. The van der Waals surface area contributed by atoms with Crippen LogP contribution in [0.1, 0.15) is 24.8 Å². The van der Waals surface area contributed by atoms with Crippen molar-refractivity contribution in [2.24, 2.45) is 5.41 Å². The molecule has 24 heavy (non-hydrogen) atoms. The lowest BCUT2D eigenvalue weighted by Gasteiger charge is -2.56. The summed E-state index contributed by atoms with van der Waals surface area (Å²) >= 11 is 0. The summed E-state index contributed by atoms with van der Waals surface area (Å²) in [6.07, 6.45) is -2.71. The predicted octanol–water partition coefficient (Wildman–Crippen LogP) is 2.95. The maximum atomic E-state index is 12.5. The van der Waals surface area contributed by atoms with Crippen molar-refractivity contribution in [3.63, 3.8) is 0 Å². The highest BCUT2D eigenvalue weighted by molar-refractivity contribution is 5.33. The molecule has 1 aliphatic carbocycles. The third-order valence-corrected chi connectivity index (χ3v) is 5.41. The van der Waals surface area contributed by atoms with Gasteiger partial charge in [0.2, 0.25) is 0 Å². The summed E-state index contributed by atoms with van der Waals surface area (Å²) in [6, 6.07) is 6.23. The number of hydrogen-bond donors (Lipinski definition) is 1. The molecule has 3 rings (SSSR count). The third-order valence-electron chi connectivity index (χ3n) is 5.41. The van der Waals surface area contributed by atoms with E-state index in [0.717, 1.165) is 25.9 Å². The summed E-state index contributed by atoms with van der Waals surface area (Å²) in [6.45, 7) is 1.84. The lowest BCUT2D eigenvalue weighted by atomic mass is 9.58. The third kappa shape index (κ3) is 3.38. The summed E-state index contributed by atoms with van der Waals surface area (Å²) in [5.74, 6) is -0.149. The van der Waals surface area contributed by atoms with Crippen LogP contribution in [0.5, 0.6) is 5.75 Å². The van der Waals surface area contributed by atoms with Gasteiger partial charge in [-0.25, -0.2) is 0 Å². The van der Waals surface area contributed by atoms with Crippen molar-refractivity contribution in [2.75, 3.05) is 20.2 Å². The molecule has 0 bridgehead atoms. The number of alkyl halides is 3. The van der Waals surface area contributed by atoms with Gasteiger partial charge in [0.1, 0.15) is 5.75 Å². The monoisotopic (exact) mass is 345 g/mol. The van der Waals surface area contributed by atoms with Crippen LogP contribution in [0.15, 0.2) is 24.3 Å². The summed E-state index contributed by atoms with van der Waals surface area (Å²) in [5, 5.41) is 10.1. The maximum absolute atomic E-state index is 12.5. The van der Waals surface area contributed by atoms with E-state index >= 15 is 0 Å². The highest BCUT2D eigenvalue weighted by Crippen LogP contribution is 2.50. The Morgan fingerprint density at radius 1 is 1.25 bits per heavy atom. The molecule has 1 N–H and O–H groups in total. The first-order chi connectivity index (χ1) is 11.3. The first-order valence-corrected chi connectivity index (χ1v) is 8.11. The van der Waals surface area contributed by atoms with Crippen LogP contribution in [0.4, 0.5) is 13.2 Å². The Kier molecular flexibility index (Phi) is 4.77. The Morgan fingerprint density at radius 2 is 1.92 bits per heavy atom. The predicted molar refractivity (Wildman–Crippen MR) is 81.5 cm³/mol. The van der Waals surface area contributed by atoms with E-state index in [1.807, 2.05) is 0 Å². The van der Waals surface area contributed by atoms with Crippen molar-refractivity contribution in [2.45, 2.75) is 44.4 Å². The SMILES string of the molecule is CO[C@@H]1C[C@H](O)C12CCN(Cc1ccccc1OC(F)(F)F)CC2. The number of benzene rings is 1. The van der Waals surface area contributed by atoms with Gasteiger partial charge in [-0.3, -0.25) is 4.90 Å². The molecule has 0 radical (unpaired) electrons. The second-order valence-corrected chi connectivity index (χ2v) is 6.64. The van der Waals surface area contributed by atoms with Gasteiger partial charge in [-0.2, -0.15) is 0 Å². The number of ether oxygens (including phenoxy) is 2. The fraction of sp³-hybridized carbons (Fsp3) is 0.647. The molecule has 0 unspecified atom stereocenters. The molecule has 1 saturated carbocycles. The second kappa shape index (κ2) is 6.54. The lowest BCUT2D eigenvalue weighted by molar-refractivity contribution is -0.275. The molecule has 1 aromatic carbocycles. The Morgan fingerprint density at radius 3 is 2.50 bits per heavy atom. The zero-order chi connectivity index (χ0) is 17.4. The van der Waals surface area contributed by atoms with Crippen LogP contribution < -0.4 is 4.74 Å². The minimum Gasteiger partial charge on any atom is -0.405 e. The summed E-state index contributed by atoms with van der Waals surface area (Å²) in [4.78, 5) is 2.10. The van der Waals surface area contributed by atoms with Gasteiger partial charge in [0.15, 0.2) is 0 Å². The smallest absolute Gasteiger partial charge is 0.405 e. The van der Waals surface area contributed by atoms with Crippen molar-refractivity contribution >= 4 is 0 Å². The van der Waals surface area contributed by atoms with E-state index in [-0.39, 0.29) is 23.4 Å². The summed E-state index contributed by atoms with van der Waals surface area (Å²) < 4.78 is 47.1. The van der Waals surface area contributed by atoms with Gasteiger partial charge in [0, 0.05) is 31.1 Å². The second-order valence-electron chi connectivity index (χ2n) is 6.64. The molecule has 4 nitrogen and oxygen atoms in total. The van der Waals surface area contributed by atoms with Crippen molar-refractivity contribution in [1.82, 2.24) is 4.90 Å². The van der Waals surface area contributed by atoms with E-state index in [2.05, 4.69) is 9.64 Å². The number of aliphatic hydroxyl groups is 1. The molecule has 1 aliphatic heterocycles. The number of para-hydroxylation sites is 1. The Bertz CT molecular complexity index is 570. The average molecular weight is 345 g/mol. The highest BCUT2D eigenvalue weighted by Gasteiger charge is 2.55. The molecule has 0 amide bonds. The topological polar surface area (TPSA) is 41.9 Å². The molecular weight excluding hydrogens is 323 g/mol. The average Bonchev–Trinajstić information content (AvgIpc) is 2.53. The van der Waals surface area contributed by atoms with Crippen molar-refractivity contribution in [3.05, 3.63) is 29.8 Å². The van der Waals surface area contributed by atoms with E-state index in [1.165, 1.54) is 12.1 Å². The minimum absolute atomic E-state index is 0.0792. The van der Waals surface area contributed by atoms with Crippen LogP contribution >= 0.6 is 0 Å². The number of aliphatic hydroxyl groups excluding tert-OH is 1. The van der Waals surface area contributed by atoms with Gasteiger partial charge in [-0.1, -0.05) is 18.2 Å². The molecular formula is C17H22F3NO3. The molecule has 1 spiro atoms. The van der Waals surface area contributed by atoms with Crippen molar-refractivity contribution in [3.8, 4) is 5.75 Å². The Balaban J connectivity index is 1.63. The standard InChI is InChI=1S/C17H22F3NO3/c1-23-15-10-14(22)16(15)6-8-21(9-7-16)11-12-4-2-3-5-13(12)24-17(18,19)20/h2-5,14-15,22H,6-11H2,1H3/t14-,15+/m0/s1. The zero-order valence-electron chi connectivity index (χ0n) is 13.6. The van der Waals surface area contributed by atoms with Crippen molar-refractivity contribution in [1.29, 1.82) is 0 Å². The van der Waals surface area contributed by atoms with E-state index < -0.39 is 6.36 Å². The molecule has 2 fully saturated rings. The van der Waals surface area contributed by atoms with Crippen LogP contribution in [0.3, 0.4) is 0 Å². The van der Waals surface area contributed by atoms with E-state index in [4.69, 9.17) is 4.74 Å². The molecule has 134 valence electrons. The van der Waals surface area contributed by atoms with Gasteiger partial charge in [0.25, 0.3) is 0 Å². The number of likely N-dealkylation sites (tertiary alicyclic amines) is 1. The Labute approximate surface area is 139 Å². The molecule has 7 heteroatoms. The molecule has 2 aliphatic rings. The van der Waals surface area contributed by atoms with E-state index in [0.29, 0.717) is 18.5 Å². The highest BCUT2D eigenvalue weighted by atomic mass is 19.4. The van der Waals surface area contributed by atoms with Gasteiger partial charge in [0.05, 0.1) is 12.2 Å². The van der Waals surface area contributed by atoms with E-state index in [9.17, 15) is 18.3 Å². The largest absolute Gasteiger partial charge is 0.573 e. The molecule has 1 heterocycles. The van der Waals surface area contributed by atoms with Crippen LogP contribution in [-0.2, 0) is 11.3 Å². The fourth-order valence-electron chi connectivity index (χ4n) is 3.94. The molecule has 2 atom stereocenters. The number of nitrogens with zero attached hydrogens (tertiary/aromatic N) is 1. The summed E-state index contributed by atoms with van der Waals surface area (Å²) in [5.41, 5.74) is 0.330. The van der Waals surface area contributed by atoms with Gasteiger partial charge < -0.3 is 14.6 Å². The number of hydrogen-bond acceptors (Lipinski definition) is 4. The molecule has 1 aromatic rings. The number of halogens is 3. The molecule has 1 saturated heterocycles.